The third kappa shape index (κ3) is 3.37. The molecule has 1 aliphatic rings. The monoisotopic (exact) mass is 434 g/mol. The molecule has 1 unspecified atom stereocenters. The lowest BCUT2D eigenvalue weighted by atomic mass is 10.0. The summed E-state index contributed by atoms with van der Waals surface area (Å²) in [6.07, 6.45) is 3.79. The number of pyridine rings is 1. The van der Waals surface area contributed by atoms with Crippen molar-refractivity contribution in [1.82, 2.24) is 19.7 Å². The Kier molecular flexibility index (Phi) is 4.93. The van der Waals surface area contributed by atoms with Crippen LogP contribution < -0.4 is 0 Å². The summed E-state index contributed by atoms with van der Waals surface area (Å²) >= 11 is 1.68. The van der Waals surface area contributed by atoms with Gasteiger partial charge in [-0.05, 0) is 75.1 Å². The number of rotatable bonds is 4. The minimum absolute atomic E-state index is 0.0449. The Balaban J connectivity index is 1.67. The van der Waals surface area contributed by atoms with Crippen molar-refractivity contribution < 1.29 is 9.21 Å². The van der Waals surface area contributed by atoms with E-state index in [0.29, 0.717) is 5.56 Å². The largest absolute Gasteiger partial charge is 0.466 e. The highest BCUT2D eigenvalue weighted by Gasteiger charge is 2.32. The first-order valence-electron chi connectivity index (χ1n) is 10.7. The van der Waals surface area contributed by atoms with Crippen molar-refractivity contribution in [2.24, 2.45) is 0 Å². The van der Waals surface area contributed by atoms with E-state index in [2.05, 4.69) is 35.8 Å². The van der Waals surface area contributed by atoms with Gasteiger partial charge in [0.05, 0.1) is 28.9 Å². The van der Waals surface area contributed by atoms with Gasteiger partial charge in [-0.25, -0.2) is 9.67 Å². The fraction of sp³-hybridized carbons (Fsp3) is 0.375. The fourth-order valence-electron chi connectivity index (χ4n) is 4.57. The van der Waals surface area contributed by atoms with Crippen LogP contribution in [0.5, 0.6) is 0 Å². The van der Waals surface area contributed by atoms with Gasteiger partial charge in [0.2, 0.25) is 0 Å². The van der Waals surface area contributed by atoms with Crippen molar-refractivity contribution in [2.75, 3.05) is 6.54 Å². The van der Waals surface area contributed by atoms with Gasteiger partial charge in [0, 0.05) is 18.2 Å². The molecule has 0 aromatic carbocycles. The molecule has 31 heavy (non-hydrogen) atoms. The number of aryl methyl sites for hydroxylation is 2. The quantitative estimate of drug-likeness (QED) is 0.399. The number of carbonyl (C=O) groups is 1. The standard InChI is InChI=1S/C24H26N4O2S/c1-14(2)28-23-20(12-25-28)19(11-21(26-23)18-10-15(3)30-16(18)4)24(29)27-8-5-6-22(27)17-7-9-31-13-17/h7,9-14,22H,5-6,8H2,1-4H3. The summed E-state index contributed by atoms with van der Waals surface area (Å²) in [7, 11) is 0. The topological polar surface area (TPSA) is 64.2 Å². The summed E-state index contributed by atoms with van der Waals surface area (Å²) in [5.74, 6) is 1.68. The Hall–Kier alpha value is -2.93. The first-order valence-corrected chi connectivity index (χ1v) is 11.7. The van der Waals surface area contributed by atoms with Crippen molar-refractivity contribution in [3.8, 4) is 11.3 Å². The Morgan fingerprint density at radius 2 is 2.13 bits per heavy atom. The molecule has 0 bridgehead atoms. The number of likely N-dealkylation sites (tertiary alicyclic amines) is 1. The number of carbonyl (C=O) groups excluding carboxylic acids is 1. The fourth-order valence-corrected chi connectivity index (χ4v) is 5.28. The van der Waals surface area contributed by atoms with Crippen molar-refractivity contribution in [3.05, 3.63) is 57.8 Å². The number of hydrogen-bond donors (Lipinski definition) is 0. The van der Waals surface area contributed by atoms with E-state index in [9.17, 15) is 4.79 Å². The average Bonchev–Trinajstić information content (AvgIpc) is 3.51. The molecule has 5 rings (SSSR count). The SMILES string of the molecule is Cc1cc(-c2cc(C(=O)N3CCCC3c3ccsc3)c3cnn(C(C)C)c3n2)c(C)o1. The number of furan rings is 1. The first kappa shape index (κ1) is 20.0. The van der Waals surface area contributed by atoms with Crippen LogP contribution in [0.3, 0.4) is 0 Å². The van der Waals surface area contributed by atoms with Crippen molar-refractivity contribution in [3.63, 3.8) is 0 Å². The molecule has 0 spiro atoms. The highest BCUT2D eigenvalue weighted by atomic mass is 32.1. The van der Waals surface area contributed by atoms with Crippen LogP contribution in [0.1, 0.15) is 66.2 Å². The molecule has 7 heteroatoms. The Bertz CT molecular complexity index is 1250. The van der Waals surface area contributed by atoms with E-state index in [0.717, 1.165) is 53.2 Å². The first-order chi connectivity index (χ1) is 14.9. The molecular formula is C24H26N4O2S. The molecule has 1 atom stereocenters. The van der Waals surface area contributed by atoms with Crippen LogP contribution in [0.4, 0.5) is 0 Å². The highest BCUT2D eigenvalue weighted by molar-refractivity contribution is 7.08. The van der Waals surface area contributed by atoms with E-state index in [1.54, 1.807) is 17.5 Å². The summed E-state index contributed by atoms with van der Waals surface area (Å²) in [4.78, 5) is 20.8. The third-order valence-corrected chi connectivity index (χ3v) is 6.75. The van der Waals surface area contributed by atoms with Gasteiger partial charge < -0.3 is 9.32 Å². The number of amides is 1. The van der Waals surface area contributed by atoms with Crippen LogP contribution in [0, 0.1) is 13.8 Å². The summed E-state index contributed by atoms with van der Waals surface area (Å²) in [5, 5.41) is 9.59. The zero-order valence-electron chi connectivity index (χ0n) is 18.3. The minimum atomic E-state index is 0.0449. The van der Waals surface area contributed by atoms with Crippen molar-refractivity contribution >= 4 is 28.3 Å². The van der Waals surface area contributed by atoms with Crippen LogP contribution in [-0.2, 0) is 0 Å². The molecule has 0 saturated carbocycles. The third-order valence-electron chi connectivity index (χ3n) is 6.04. The zero-order chi connectivity index (χ0) is 21.7. The summed E-state index contributed by atoms with van der Waals surface area (Å²) < 4.78 is 7.64. The van der Waals surface area contributed by atoms with Crippen molar-refractivity contribution in [1.29, 1.82) is 0 Å². The van der Waals surface area contributed by atoms with Crippen LogP contribution in [0.2, 0.25) is 0 Å². The number of nitrogens with zero attached hydrogens (tertiary/aromatic N) is 4. The van der Waals surface area contributed by atoms with Crippen molar-refractivity contribution in [2.45, 2.75) is 52.6 Å². The molecule has 0 radical (unpaired) electrons. The second kappa shape index (κ2) is 7.64. The molecular weight excluding hydrogens is 408 g/mol. The average molecular weight is 435 g/mol. The summed E-state index contributed by atoms with van der Waals surface area (Å²) in [6.45, 7) is 8.77. The van der Waals surface area contributed by atoms with E-state index in [1.165, 1.54) is 5.56 Å². The molecule has 0 aliphatic carbocycles. The second-order valence-electron chi connectivity index (χ2n) is 8.52. The molecule has 4 aromatic rings. The molecule has 4 aromatic heterocycles. The van der Waals surface area contributed by atoms with Crippen LogP contribution in [-0.4, -0.2) is 32.1 Å². The van der Waals surface area contributed by atoms with Gasteiger partial charge in [-0.1, -0.05) is 0 Å². The number of aromatic nitrogens is 3. The highest BCUT2D eigenvalue weighted by Crippen LogP contribution is 2.36. The minimum Gasteiger partial charge on any atom is -0.466 e. The normalized spacial score (nSPS) is 16.7. The Morgan fingerprint density at radius 1 is 1.29 bits per heavy atom. The maximum Gasteiger partial charge on any atom is 0.255 e. The van der Waals surface area contributed by atoms with Gasteiger partial charge in [-0.15, -0.1) is 0 Å². The molecule has 1 aliphatic heterocycles. The predicted molar refractivity (Wildman–Crippen MR) is 122 cm³/mol. The van der Waals surface area contributed by atoms with Gasteiger partial charge >= 0.3 is 0 Å². The Morgan fingerprint density at radius 3 is 2.81 bits per heavy atom. The second-order valence-corrected chi connectivity index (χ2v) is 9.30. The van der Waals surface area contributed by atoms with Gasteiger partial charge in [0.25, 0.3) is 5.91 Å². The molecule has 6 nitrogen and oxygen atoms in total. The van der Waals surface area contributed by atoms with Crippen LogP contribution in [0.25, 0.3) is 22.3 Å². The zero-order valence-corrected chi connectivity index (χ0v) is 19.1. The lowest BCUT2D eigenvalue weighted by Gasteiger charge is -2.25. The summed E-state index contributed by atoms with van der Waals surface area (Å²) in [6, 6.07) is 6.29. The molecule has 160 valence electrons. The van der Waals surface area contributed by atoms with Crippen LogP contribution in [0.15, 0.2) is 39.6 Å². The Labute approximate surface area is 185 Å². The molecule has 1 amide bonds. The van der Waals surface area contributed by atoms with Gasteiger partial charge in [-0.3, -0.25) is 4.79 Å². The maximum atomic E-state index is 13.9. The van der Waals surface area contributed by atoms with Gasteiger partial charge in [0.15, 0.2) is 5.65 Å². The molecule has 1 fully saturated rings. The lowest BCUT2D eigenvalue weighted by molar-refractivity contribution is 0.0738. The molecule has 5 heterocycles. The van der Waals surface area contributed by atoms with E-state index >= 15 is 0 Å². The predicted octanol–water partition coefficient (Wildman–Crippen LogP) is 5.93. The molecule has 0 N–H and O–H groups in total. The number of fused-ring (bicyclic) bond motifs is 1. The number of hydrogen-bond acceptors (Lipinski definition) is 5. The van der Waals surface area contributed by atoms with E-state index in [4.69, 9.17) is 9.40 Å². The maximum absolute atomic E-state index is 13.9. The van der Waals surface area contributed by atoms with Gasteiger partial charge in [0.1, 0.15) is 11.5 Å². The van der Waals surface area contributed by atoms with Gasteiger partial charge in [-0.2, -0.15) is 16.4 Å². The van der Waals surface area contributed by atoms with E-state index in [-0.39, 0.29) is 18.0 Å². The number of thiophene rings is 1. The van der Waals surface area contributed by atoms with E-state index in [1.807, 2.05) is 35.6 Å². The van der Waals surface area contributed by atoms with E-state index < -0.39 is 0 Å². The van der Waals surface area contributed by atoms with Crippen LogP contribution >= 0.6 is 11.3 Å². The lowest BCUT2D eigenvalue weighted by Crippen LogP contribution is -2.30. The smallest absolute Gasteiger partial charge is 0.255 e. The molecule has 1 saturated heterocycles. The summed E-state index contributed by atoms with van der Waals surface area (Å²) in [5.41, 5.74) is 4.29.